The van der Waals surface area contributed by atoms with Gasteiger partial charge in [-0.15, -0.1) is 0 Å². The van der Waals surface area contributed by atoms with Crippen molar-refractivity contribution in [3.05, 3.63) is 64.6 Å². The van der Waals surface area contributed by atoms with Crippen LogP contribution in [0.25, 0.3) is 11.3 Å². The molecular weight excluding hydrogens is 451 g/mol. The first kappa shape index (κ1) is 22.1. The number of nitrogens with zero attached hydrogens (tertiary/aromatic N) is 2. The van der Waals surface area contributed by atoms with Gasteiger partial charge in [-0.25, -0.2) is 9.48 Å². The number of carbonyl (C=O) groups is 2. The van der Waals surface area contributed by atoms with Crippen LogP contribution >= 0.6 is 23.2 Å². The number of carbonyl (C=O) groups excluding carboxylic acids is 2. The van der Waals surface area contributed by atoms with Crippen LogP contribution in [0.4, 0.5) is 16.3 Å². The number of aromatic nitrogens is 2. The van der Waals surface area contributed by atoms with Crippen molar-refractivity contribution in [1.82, 2.24) is 20.4 Å². The number of rotatable bonds is 4. The van der Waals surface area contributed by atoms with Gasteiger partial charge in [0.1, 0.15) is 5.82 Å². The molecule has 166 valence electrons. The van der Waals surface area contributed by atoms with Crippen LogP contribution in [0.15, 0.2) is 54.6 Å². The van der Waals surface area contributed by atoms with E-state index >= 15 is 0 Å². The van der Waals surface area contributed by atoms with Gasteiger partial charge in [0.25, 0.3) is 0 Å². The molecule has 0 bridgehead atoms. The normalized spacial score (nSPS) is 20.5. The molecule has 1 aromatic heterocycles. The van der Waals surface area contributed by atoms with Gasteiger partial charge in [0.05, 0.1) is 21.7 Å². The van der Waals surface area contributed by atoms with Crippen molar-refractivity contribution in [2.75, 3.05) is 10.6 Å². The summed E-state index contributed by atoms with van der Waals surface area (Å²) in [6.07, 6.45) is -0.619. The molecule has 0 saturated carbocycles. The molecule has 4 rings (SSSR count). The molecule has 3 amide bonds. The SMILES string of the molecule is CC1NC(n2nc(-c3ccccc3)cc2NC(=O)Nc2ccc(Cl)c(Cl)c2)NC(=O)C1C. The third-order valence-corrected chi connectivity index (χ3v) is 6.07. The molecule has 1 fully saturated rings. The molecule has 32 heavy (non-hydrogen) atoms. The quantitative estimate of drug-likeness (QED) is 0.441. The predicted molar refractivity (Wildman–Crippen MR) is 126 cm³/mol. The fourth-order valence-corrected chi connectivity index (χ4v) is 3.65. The number of hydrogen-bond donors (Lipinski definition) is 4. The Bertz CT molecular complexity index is 1150. The number of benzene rings is 2. The number of hydrogen-bond acceptors (Lipinski definition) is 4. The average molecular weight is 473 g/mol. The lowest BCUT2D eigenvalue weighted by Gasteiger charge is -2.34. The van der Waals surface area contributed by atoms with Crippen molar-refractivity contribution in [3.63, 3.8) is 0 Å². The maximum absolute atomic E-state index is 12.7. The minimum absolute atomic E-state index is 0.0731. The van der Waals surface area contributed by atoms with Crippen molar-refractivity contribution >= 4 is 46.6 Å². The highest BCUT2D eigenvalue weighted by molar-refractivity contribution is 6.42. The monoisotopic (exact) mass is 472 g/mol. The Hall–Kier alpha value is -3.07. The smallest absolute Gasteiger partial charge is 0.322 e. The number of amides is 3. The summed E-state index contributed by atoms with van der Waals surface area (Å²) < 4.78 is 1.55. The number of halogens is 2. The summed E-state index contributed by atoms with van der Waals surface area (Å²) in [5, 5.41) is 17.1. The average Bonchev–Trinajstić information content (AvgIpc) is 3.18. The molecule has 10 heteroatoms. The predicted octanol–water partition coefficient (Wildman–Crippen LogP) is 4.70. The largest absolute Gasteiger partial charge is 0.324 e. The maximum Gasteiger partial charge on any atom is 0.324 e. The van der Waals surface area contributed by atoms with E-state index in [0.29, 0.717) is 27.2 Å². The summed E-state index contributed by atoms with van der Waals surface area (Å²) in [5.74, 6) is 0.120. The van der Waals surface area contributed by atoms with Crippen LogP contribution in [0.5, 0.6) is 0 Å². The topological polar surface area (TPSA) is 100 Å². The van der Waals surface area contributed by atoms with Crippen LogP contribution in [-0.4, -0.2) is 27.8 Å². The van der Waals surface area contributed by atoms with Crippen LogP contribution in [0, 0.1) is 5.92 Å². The van der Waals surface area contributed by atoms with Crippen LogP contribution in [0.2, 0.25) is 10.0 Å². The molecule has 8 nitrogen and oxygen atoms in total. The van der Waals surface area contributed by atoms with Gasteiger partial charge in [-0.2, -0.15) is 5.10 Å². The van der Waals surface area contributed by atoms with E-state index in [4.69, 9.17) is 23.2 Å². The minimum Gasteiger partial charge on any atom is -0.322 e. The first-order valence-electron chi connectivity index (χ1n) is 10.1. The molecule has 3 aromatic rings. The van der Waals surface area contributed by atoms with E-state index in [1.807, 2.05) is 44.2 Å². The molecule has 1 saturated heterocycles. The molecule has 0 aliphatic carbocycles. The third kappa shape index (κ3) is 4.72. The van der Waals surface area contributed by atoms with Crippen molar-refractivity contribution in [1.29, 1.82) is 0 Å². The highest BCUT2D eigenvalue weighted by Gasteiger charge is 2.32. The second kappa shape index (κ2) is 9.20. The third-order valence-electron chi connectivity index (χ3n) is 5.33. The van der Waals surface area contributed by atoms with Gasteiger partial charge in [0, 0.05) is 23.4 Å². The Balaban J connectivity index is 1.62. The van der Waals surface area contributed by atoms with Gasteiger partial charge in [-0.05, 0) is 25.1 Å². The molecule has 2 aromatic carbocycles. The Morgan fingerprint density at radius 2 is 1.78 bits per heavy atom. The van der Waals surface area contributed by atoms with Crippen molar-refractivity contribution in [2.45, 2.75) is 26.2 Å². The van der Waals surface area contributed by atoms with E-state index in [1.165, 1.54) is 0 Å². The minimum atomic E-state index is -0.619. The van der Waals surface area contributed by atoms with Gasteiger partial charge in [0.15, 0.2) is 6.29 Å². The zero-order valence-corrected chi connectivity index (χ0v) is 18.9. The number of nitrogens with one attached hydrogen (secondary N) is 4. The van der Waals surface area contributed by atoms with Gasteiger partial charge in [-0.1, -0.05) is 60.5 Å². The van der Waals surface area contributed by atoms with E-state index in [1.54, 1.807) is 28.9 Å². The van der Waals surface area contributed by atoms with Crippen LogP contribution in [0.3, 0.4) is 0 Å². The Morgan fingerprint density at radius 1 is 1.03 bits per heavy atom. The van der Waals surface area contributed by atoms with E-state index in [-0.39, 0.29) is 17.9 Å². The molecule has 0 radical (unpaired) electrons. The molecular formula is C22H22Cl2N6O2. The summed E-state index contributed by atoms with van der Waals surface area (Å²) in [4.78, 5) is 25.1. The molecule has 3 atom stereocenters. The summed E-state index contributed by atoms with van der Waals surface area (Å²) in [7, 11) is 0. The first-order chi connectivity index (χ1) is 15.3. The van der Waals surface area contributed by atoms with Crippen LogP contribution in [0.1, 0.15) is 20.1 Å². The molecule has 1 aliphatic heterocycles. The van der Waals surface area contributed by atoms with Gasteiger partial charge in [-0.3, -0.25) is 15.4 Å². The zero-order chi connectivity index (χ0) is 22.8. The van der Waals surface area contributed by atoms with Gasteiger partial charge >= 0.3 is 6.03 Å². The zero-order valence-electron chi connectivity index (χ0n) is 17.4. The Labute approximate surface area is 195 Å². The first-order valence-corrected chi connectivity index (χ1v) is 10.8. The fourth-order valence-electron chi connectivity index (χ4n) is 3.35. The Kier molecular flexibility index (Phi) is 6.36. The summed E-state index contributed by atoms with van der Waals surface area (Å²) in [6, 6.07) is 15.6. The number of urea groups is 1. The second-order valence-electron chi connectivity index (χ2n) is 7.59. The van der Waals surface area contributed by atoms with E-state index in [2.05, 4.69) is 26.4 Å². The van der Waals surface area contributed by atoms with E-state index in [0.717, 1.165) is 5.56 Å². The lowest BCUT2D eigenvalue weighted by molar-refractivity contribution is -0.130. The summed E-state index contributed by atoms with van der Waals surface area (Å²) in [6.45, 7) is 3.79. The highest BCUT2D eigenvalue weighted by atomic mass is 35.5. The van der Waals surface area contributed by atoms with E-state index < -0.39 is 12.3 Å². The molecule has 4 N–H and O–H groups in total. The van der Waals surface area contributed by atoms with Crippen molar-refractivity contribution in [2.24, 2.45) is 5.92 Å². The Morgan fingerprint density at radius 3 is 2.47 bits per heavy atom. The number of anilines is 2. The lowest BCUT2D eigenvalue weighted by Crippen LogP contribution is -2.57. The highest BCUT2D eigenvalue weighted by Crippen LogP contribution is 2.27. The van der Waals surface area contributed by atoms with Crippen LogP contribution in [-0.2, 0) is 4.79 Å². The standard InChI is InChI=1S/C22H22Cl2N6O2/c1-12-13(2)25-21(28-20(12)31)30-19(11-18(29-30)14-6-4-3-5-7-14)27-22(32)26-15-8-9-16(23)17(24)10-15/h3-13,21,25H,1-2H3,(H,28,31)(H2,26,27,32). The molecule has 1 aliphatic rings. The second-order valence-corrected chi connectivity index (χ2v) is 8.40. The fraction of sp³-hybridized carbons (Fsp3) is 0.227. The van der Waals surface area contributed by atoms with Gasteiger partial charge < -0.3 is 10.6 Å². The molecule has 3 unspecified atom stereocenters. The molecule has 0 spiro atoms. The van der Waals surface area contributed by atoms with Crippen molar-refractivity contribution < 1.29 is 9.59 Å². The van der Waals surface area contributed by atoms with E-state index in [9.17, 15) is 9.59 Å². The van der Waals surface area contributed by atoms with Crippen LogP contribution < -0.4 is 21.3 Å². The lowest BCUT2D eigenvalue weighted by atomic mass is 10.0. The summed E-state index contributed by atoms with van der Waals surface area (Å²) >= 11 is 12.0. The van der Waals surface area contributed by atoms with Gasteiger partial charge in [0.2, 0.25) is 5.91 Å². The molecule has 2 heterocycles. The maximum atomic E-state index is 12.7. The van der Waals surface area contributed by atoms with Crippen molar-refractivity contribution in [3.8, 4) is 11.3 Å². The summed E-state index contributed by atoms with van der Waals surface area (Å²) in [5.41, 5.74) is 2.01.